The molecule has 74 valence electrons. The Balaban J connectivity index is 2.34. The maximum Gasteiger partial charge on any atom is 0.239 e. The van der Waals surface area contributed by atoms with Gasteiger partial charge in [0.1, 0.15) is 6.04 Å². The van der Waals surface area contributed by atoms with Gasteiger partial charge in [0.15, 0.2) is 0 Å². The van der Waals surface area contributed by atoms with Crippen LogP contribution in [0.15, 0.2) is 12.2 Å². The van der Waals surface area contributed by atoms with Gasteiger partial charge in [-0.15, -0.1) is 0 Å². The lowest BCUT2D eigenvalue weighted by Gasteiger charge is -2.16. The highest BCUT2D eigenvalue weighted by molar-refractivity contribution is 5.82. The molecule has 0 aromatic carbocycles. The number of aliphatic hydroxyl groups is 1. The predicted octanol–water partition coefficient (Wildman–Crippen LogP) is -0.598. The molecule has 0 spiro atoms. The molecular weight excluding hydrogens is 168 g/mol. The number of likely N-dealkylation sites (N-methyl/N-ethyl adjacent to an activating group) is 1. The van der Waals surface area contributed by atoms with Crippen LogP contribution in [0, 0.1) is 0 Å². The molecule has 0 fully saturated rings. The standard InChI is InChI=1S/C9H16N2O2/c1-10-8(6-12)9(13)11-7-4-2-3-5-7/h2,4,7-8,10,12H,3,5-6H2,1H3,(H,11,13). The van der Waals surface area contributed by atoms with Gasteiger partial charge >= 0.3 is 0 Å². The van der Waals surface area contributed by atoms with Crippen LogP contribution in [0.25, 0.3) is 0 Å². The minimum Gasteiger partial charge on any atom is -0.394 e. The minimum atomic E-state index is -0.492. The second-order valence-corrected chi connectivity index (χ2v) is 3.14. The summed E-state index contributed by atoms with van der Waals surface area (Å²) in [5.41, 5.74) is 0. The van der Waals surface area contributed by atoms with E-state index >= 15 is 0 Å². The summed E-state index contributed by atoms with van der Waals surface area (Å²) in [5.74, 6) is -0.137. The molecule has 0 saturated carbocycles. The number of allylic oxidation sites excluding steroid dienone is 1. The molecule has 1 aliphatic rings. The Labute approximate surface area is 78.0 Å². The Morgan fingerprint density at radius 3 is 3.00 bits per heavy atom. The summed E-state index contributed by atoms with van der Waals surface area (Å²) in [4.78, 5) is 11.4. The van der Waals surface area contributed by atoms with E-state index in [2.05, 4.69) is 16.7 Å². The largest absolute Gasteiger partial charge is 0.394 e. The average molecular weight is 184 g/mol. The van der Waals surface area contributed by atoms with Crippen LogP contribution < -0.4 is 10.6 Å². The van der Waals surface area contributed by atoms with Crippen molar-refractivity contribution >= 4 is 5.91 Å². The normalized spacial score (nSPS) is 23.1. The van der Waals surface area contributed by atoms with Gasteiger partial charge in [-0.25, -0.2) is 0 Å². The van der Waals surface area contributed by atoms with E-state index in [1.807, 2.05) is 6.08 Å². The Bertz CT molecular complexity index is 200. The zero-order valence-corrected chi connectivity index (χ0v) is 7.79. The van der Waals surface area contributed by atoms with Gasteiger partial charge in [0, 0.05) is 6.04 Å². The molecular formula is C9H16N2O2. The van der Waals surface area contributed by atoms with E-state index in [0.717, 1.165) is 12.8 Å². The summed E-state index contributed by atoms with van der Waals surface area (Å²) in [6.07, 6.45) is 6.03. The minimum absolute atomic E-state index is 0.137. The van der Waals surface area contributed by atoms with Crippen molar-refractivity contribution in [1.29, 1.82) is 0 Å². The molecule has 0 heterocycles. The van der Waals surface area contributed by atoms with Crippen LogP contribution >= 0.6 is 0 Å². The first-order valence-electron chi connectivity index (χ1n) is 4.53. The third kappa shape index (κ3) is 2.82. The van der Waals surface area contributed by atoms with E-state index in [4.69, 9.17) is 5.11 Å². The molecule has 1 amide bonds. The lowest BCUT2D eigenvalue weighted by molar-refractivity contribution is -0.124. The van der Waals surface area contributed by atoms with Gasteiger partial charge in [0.05, 0.1) is 6.61 Å². The summed E-state index contributed by atoms with van der Waals surface area (Å²) in [6.45, 7) is -0.168. The monoisotopic (exact) mass is 184 g/mol. The first-order chi connectivity index (χ1) is 6.27. The summed E-state index contributed by atoms with van der Waals surface area (Å²) in [6, 6.07) is -0.344. The predicted molar refractivity (Wildman–Crippen MR) is 50.2 cm³/mol. The fraction of sp³-hybridized carbons (Fsp3) is 0.667. The molecule has 0 saturated heterocycles. The number of hydrogen-bond donors (Lipinski definition) is 3. The molecule has 0 bridgehead atoms. The van der Waals surface area contributed by atoms with Crippen molar-refractivity contribution in [1.82, 2.24) is 10.6 Å². The van der Waals surface area contributed by atoms with Crippen LogP contribution in [0.5, 0.6) is 0 Å². The second-order valence-electron chi connectivity index (χ2n) is 3.14. The highest BCUT2D eigenvalue weighted by Gasteiger charge is 2.18. The lowest BCUT2D eigenvalue weighted by Crippen LogP contribution is -2.47. The van der Waals surface area contributed by atoms with Gasteiger partial charge in [0.2, 0.25) is 5.91 Å². The van der Waals surface area contributed by atoms with Crippen LogP contribution in [0.2, 0.25) is 0 Å². The maximum atomic E-state index is 11.4. The molecule has 1 aliphatic carbocycles. The average Bonchev–Trinajstić information content (AvgIpc) is 2.59. The fourth-order valence-electron chi connectivity index (χ4n) is 1.34. The quantitative estimate of drug-likeness (QED) is 0.511. The van der Waals surface area contributed by atoms with E-state index in [1.54, 1.807) is 7.05 Å². The summed E-state index contributed by atoms with van der Waals surface area (Å²) < 4.78 is 0. The summed E-state index contributed by atoms with van der Waals surface area (Å²) >= 11 is 0. The van der Waals surface area contributed by atoms with E-state index in [-0.39, 0.29) is 18.6 Å². The molecule has 0 radical (unpaired) electrons. The Morgan fingerprint density at radius 2 is 2.54 bits per heavy atom. The van der Waals surface area contributed by atoms with Crippen molar-refractivity contribution in [3.63, 3.8) is 0 Å². The van der Waals surface area contributed by atoms with Crippen LogP contribution in [0.3, 0.4) is 0 Å². The summed E-state index contributed by atoms with van der Waals surface area (Å²) in [5, 5.41) is 14.4. The number of hydrogen-bond acceptors (Lipinski definition) is 3. The van der Waals surface area contributed by atoms with Gasteiger partial charge in [-0.1, -0.05) is 12.2 Å². The number of amides is 1. The second kappa shape index (κ2) is 4.99. The lowest BCUT2D eigenvalue weighted by atomic mass is 10.2. The molecule has 2 unspecified atom stereocenters. The highest BCUT2D eigenvalue weighted by Crippen LogP contribution is 2.08. The number of aliphatic hydroxyl groups excluding tert-OH is 1. The highest BCUT2D eigenvalue weighted by atomic mass is 16.3. The van der Waals surface area contributed by atoms with E-state index in [1.165, 1.54) is 0 Å². The molecule has 3 N–H and O–H groups in total. The molecule has 0 aromatic rings. The Hall–Kier alpha value is -0.870. The van der Waals surface area contributed by atoms with E-state index < -0.39 is 6.04 Å². The smallest absolute Gasteiger partial charge is 0.239 e. The van der Waals surface area contributed by atoms with Crippen LogP contribution in [0.1, 0.15) is 12.8 Å². The van der Waals surface area contributed by atoms with Crippen LogP contribution in [-0.4, -0.2) is 36.8 Å². The zero-order valence-electron chi connectivity index (χ0n) is 7.79. The Kier molecular flexibility index (Phi) is 3.92. The third-order valence-electron chi connectivity index (χ3n) is 2.19. The molecule has 4 heteroatoms. The van der Waals surface area contributed by atoms with Gasteiger partial charge in [-0.3, -0.25) is 4.79 Å². The number of nitrogens with one attached hydrogen (secondary N) is 2. The van der Waals surface area contributed by atoms with Crippen molar-refractivity contribution < 1.29 is 9.90 Å². The van der Waals surface area contributed by atoms with E-state index in [9.17, 15) is 4.79 Å². The Morgan fingerprint density at radius 1 is 1.77 bits per heavy atom. The molecule has 1 rings (SSSR count). The topological polar surface area (TPSA) is 61.4 Å². The maximum absolute atomic E-state index is 11.4. The van der Waals surface area contributed by atoms with Gasteiger partial charge in [-0.05, 0) is 19.9 Å². The molecule has 13 heavy (non-hydrogen) atoms. The van der Waals surface area contributed by atoms with Crippen molar-refractivity contribution in [2.45, 2.75) is 24.9 Å². The number of carbonyl (C=O) groups excluding carboxylic acids is 1. The SMILES string of the molecule is CNC(CO)C(=O)NC1C=CCC1. The fourth-order valence-corrected chi connectivity index (χ4v) is 1.34. The molecule has 0 aromatic heterocycles. The first-order valence-corrected chi connectivity index (χ1v) is 4.53. The van der Waals surface area contributed by atoms with Crippen molar-refractivity contribution in [2.75, 3.05) is 13.7 Å². The van der Waals surface area contributed by atoms with Crippen LogP contribution in [0.4, 0.5) is 0 Å². The van der Waals surface area contributed by atoms with Gasteiger partial charge < -0.3 is 15.7 Å². The van der Waals surface area contributed by atoms with Crippen molar-refractivity contribution in [3.05, 3.63) is 12.2 Å². The van der Waals surface area contributed by atoms with Crippen molar-refractivity contribution in [3.8, 4) is 0 Å². The van der Waals surface area contributed by atoms with Crippen LogP contribution in [-0.2, 0) is 4.79 Å². The zero-order chi connectivity index (χ0) is 9.68. The third-order valence-corrected chi connectivity index (χ3v) is 2.19. The van der Waals surface area contributed by atoms with Gasteiger partial charge in [0.25, 0.3) is 0 Å². The molecule has 2 atom stereocenters. The molecule has 0 aliphatic heterocycles. The van der Waals surface area contributed by atoms with E-state index in [0.29, 0.717) is 0 Å². The number of carbonyl (C=O) groups is 1. The summed E-state index contributed by atoms with van der Waals surface area (Å²) in [7, 11) is 1.66. The van der Waals surface area contributed by atoms with Gasteiger partial charge in [-0.2, -0.15) is 0 Å². The molecule has 4 nitrogen and oxygen atoms in total. The van der Waals surface area contributed by atoms with Crippen molar-refractivity contribution in [2.24, 2.45) is 0 Å². The number of rotatable bonds is 4. The first kappa shape index (κ1) is 10.2.